The molecule has 0 saturated carbocycles. The highest BCUT2D eigenvalue weighted by atomic mass is 19.1. The summed E-state index contributed by atoms with van der Waals surface area (Å²) in [5, 5.41) is 3.29. The van der Waals surface area contributed by atoms with Gasteiger partial charge in [-0.3, -0.25) is 0 Å². The van der Waals surface area contributed by atoms with E-state index in [9.17, 15) is 4.39 Å². The molecule has 0 heterocycles. The lowest BCUT2D eigenvalue weighted by Crippen LogP contribution is -2.20. The summed E-state index contributed by atoms with van der Waals surface area (Å²) in [7, 11) is 0. The summed E-state index contributed by atoms with van der Waals surface area (Å²) in [5.41, 5.74) is 7.71. The predicted molar refractivity (Wildman–Crippen MR) is 79.4 cm³/mol. The maximum absolute atomic E-state index is 12.9. The molecule has 3 nitrogen and oxygen atoms in total. The van der Waals surface area contributed by atoms with Crippen LogP contribution in [0.3, 0.4) is 0 Å². The lowest BCUT2D eigenvalue weighted by atomic mass is 10.1. The Hall–Kier alpha value is -2.07. The van der Waals surface area contributed by atoms with Crippen molar-refractivity contribution < 1.29 is 9.13 Å². The highest BCUT2D eigenvalue weighted by Gasteiger charge is 2.10. The molecule has 0 spiro atoms. The minimum Gasteiger partial charge on any atom is -0.494 e. The molecule has 106 valence electrons. The number of hydrogen-bond acceptors (Lipinski definition) is 3. The average Bonchev–Trinajstić information content (AvgIpc) is 2.47. The van der Waals surface area contributed by atoms with Crippen LogP contribution in [0.5, 0.6) is 5.75 Å². The van der Waals surface area contributed by atoms with Crippen LogP contribution in [0.25, 0.3) is 0 Å². The molecule has 2 aromatic carbocycles. The number of ether oxygens (including phenoxy) is 1. The molecular formula is C16H19FN2O. The van der Waals surface area contributed by atoms with E-state index in [-0.39, 0.29) is 11.9 Å². The van der Waals surface area contributed by atoms with E-state index in [4.69, 9.17) is 10.5 Å². The predicted octanol–water partition coefficient (Wildman–Crippen LogP) is 3.34. The SMILES string of the molecule is CCOc1cccc(C(CN)Nc2ccc(F)cc2)c1. The summed E-state index contributed by atoms with van der Waals surface area (Å²) in [6.07, 6.45) is 0. The second-order valence-corrected chi connectivity index (χ2v) is 4.45. The van der Waals surface area contributed by atoms with E-state index in [1.54, 1.807) is 12.1 Å². The second-order valence-electron chi connectivity index (χ2n) is 4.45. The van der Waals surface area contributed by atoms with Crippen LogP contribution in [0, 0.1) is 5.82 Å². The van der Waals surface area contributed by atoms with E-state index < -0.39 is 0 Å². The van der Waals surface area contributed by atoms with Gasteiger partial charge in [0.05, 0.1) is 12.6 Å². The van der Waals surface area contributed by atoms with Crippen molar-refractivity contribution in [3.8, 4) is 5.75 Å². The zero-order chi connectivity index (χ0) is 14.4. The summed E-state index contributed by atoms with van der Waals surface area (Å²) < 4.78 is 18.4. The molecule has 0 aromatic heterocycles. The first kappa shape index (κ1) is 14.3. The first-order valence-electron chi connectivity index (χ1n) is 6.68. The zero-order valence-corrected chi connectivity index (χ0v) is 11.5. The van der Waals surface area contributed by atoms with Crippen molar-refractivity contribution in [1.82, 2.24) is 0 Å². The van der Waals surface area contributed by atoms with Gasteiger partial charge in [-0.1, -0.05) is 12.1 Å². The number of nitrogens with two attached hydrogens (primary N) is 1. The van der Waals surface area contributed by atoms with E-state index in [1.165, 1.54) is 12.1 Å². The van der Waals surface area contributed by atoms with E-state index in [0.717, 1.165) is 17.0 Å². The van der Waals surface area contributed by atoms with Crippen LogP contribution in [-0.4, -0.2) is 13.2 Å². The average molecular weight is 274 g/mol. The van der Waals surface area contributed by atoms with Crippen molar-refractivity contribution in [2.75, 3.05) is 18.5 Å². The van der Waals surface area contributed by atoms with Gasteiger partial charge >= 0.3 is 0 Å². The number of benzene rings is 2. The largest absolute Gasteiger partial charge is 0.494 e. The van der Waals surface area contributed by atoms with E-state index >= 15 is 0 Å². The number of hydrogen-bond donors (Lipinski definition) is 2. The lowest BCUT2D eigenvalue weighted by Gasteiger charge is -2.19. The maximum Gasteiger partial charge on any atom is 0.123 e. The van der Waals surface area contributed by atoms with Crippen LogP contribution < -0.4 is 15.8 Å². The highest BCUT2D eigenvalue weighted by Crippen LogP contribution is 2.22. The van der Waals surface area contributed by atoms with Crippen LogP contribution in [0.4, 0.5) is 10.1 Å². The number of rotatable bonds is 6. The third-order valence-corrected chi connectivity index (χ3v) is 2.99. The second kappa shape index (κ2) is 6.91. The molecule has 2 rings (SSSR count). The molecule has 0 amide bonds. The molecule has 0 aliphatic carbocycles. The monoisotopic (exact) mass is 274 g/mol. The molecule has 2 aromatic rings. The van der Waals surface area contributed by atoms with Gasteiger partial charge in [-0.2, -0.15) is 0 Å². The first-order chi connectivity index (χ1) is 9.72. The van der Waals surface area contributed by atoms with Gasteiger partial charge in [-0.25, -0.2) is 4.39 Å². The fourth-order valence-electron chi connectivity index (χ4n) is 2.01. The van der Waals surface area contributed by atoms with Gasteiger partial charge < -0.3 is 15.8 Å². The van der Waals surface area contributed by atoms with E-state index in [2.05, 4.69) is 5.32 Å². The van der Waals surface area contributed by atoms with Crippen molar-refractivity contribution in [3.05, 3.63) is 59.9 Å². The molecule has 3 N–H and O–H groups in total. The van der Waals surface area contributed by atoms with Crippen LogP contribution in [0.2, 0.25) is 0 Å². The Balaban J connectivity index is 2.15. The molecule has 0 radical (unpaired) electrons. The van der Waals surface area contributed by atoms with Gasteiger partial charge in [0.15, 0.2) is 0 Å². The third-order valence-electron chi connectivity index (χ3n) is 2.99. The lowest BCUT2D eigenvalue weighted by molar-refractivity contribution is 0.339. The molecule has 0 saturated heterocycles. The molecular weight excluding hydrogens is 255 g/mol. The Morgan fingerprint density at radius 3 is 2.60 bits per heavy atom. The van der Waals surface area contributed by atoms with Crippen molar-refractivity contribution in [2.45, 2.75) is 13.0 Å². The molecule has 1 unspecified atom stereocenters. The quantitative estimate of drug-likeness (QED) is 0.849. The number of anilines is 1. The smallest absolute Gasteiger partial charge is 0.123 e. The standard InChI is InChI=1S/C16H19FN2O/c1-2-20-15-5-3-4-12(10-15)16(11-18)19-14-8-6-13(17)7-9-14/h3-10,16,19H,2,11,18H2,1H3. The molecule has 0 aliphatic heterocycles. The Labute approximate surface area is 118 Å². The number of halogens is 1. The molecule has 1 atom stereocenters. The van der Waals surface area contributed by atoms with E-state index in [0.29, 0.717) is 13.2 Å². The van der Waals surface area contributed by atoms with Gasteiger partial charge in [0, 0.05) is 12.2 Å². The van der Waals surface area contributed by atoms with Crippen molar-refractivity contribution in [1.29, 1.82) is 0 Å². The van der Waals surface area contributed by atoms with Gasteiger partial charge in [-0.05, 0) is 48.9 Å². The van der Waals surface area contributed by atoms with Gasteiger partial charge in [0.25, 0.3) is 0 Å². The van der Waals surface area contributed by atoms with Crippen molar-refractivity contribution in [2.24, 2.45) is 5.73 Å². The van der Waals surface area contributed by atoms with Crippen LogP contribution in [0.1, 0.15) is 18.5 Å². The Bertz CT molecular complexity index is 542. The number of nitrogens with one attached hydrogen (secondary N) is 1. The maximum atomic E-state index is 12.9. The normalized spacial score (nSPS) is 11.9. The summed E-state index contributed by atoms with van der Waals surface area (Å²) in [6, 6.07) is 14.0. The van der Waals surface area contributed by atoms with Gasteiger partial charge in [0.2, 0.25) is 0 Å². The fraction of sp³-hybridized carbons (Fsp3) is 0.250. The summed E-state index contributed by atoms with van der Waals surface area (Å²) in [6.45, 7) is 3.01. The van der Waals surface area contributed by atoms with Crippen LogP contribution in [-0.2, 0) is 0 Å². The van der Waals surface area contributed by atoms with Crippen LogP contribution >= 0.6 is 0 Å². The van der Waals surface area contributed by atoms with Gasteiger partial charge in [0.1, 0.15) is 11.6 Å². The van der Waals surface area contributed by atoms with E-state index in [1.807, 2.05) is 31.2 Å². The van der Waals surface area contributed by atoms with Crippen molar-refractivity contribution >= 4 is 5.69 Å². The van der Waals surface area contributed by atoms with Crippen molar-refractivity contribution in [3.63, 3.8) is 0 Å². The Morgan fingerprint density at radius 1 is 1.20 bits per heavy atom. The summed E-state index contributed by atoms with van der Waals surface area (Å²) in [5.74, 6) is 0.572. The minimum atomic E-state index is -0.252. The van der Waals surface area contributed by atoms with Gasteiger partial charge in [-0.15, -0.1) is 0 Å². The Morgan fingerprint density at radius 2 is 1.95 bits per heavy atom. The topological polar surface area (TPSA) is 47.3 Å². The minimum absolute atomic E-state index is 0.0409. The molecule has 0 fully saturated rings. The third kappa shape index (κ3) is 3.71. The molecule has 0 bridgehead atoms. The summed E-state index contributed by atoms with van der Waals surface area (Å²) in [4.78, 5) is 0. The highest BCUT2D eigenvalue weighted by molar-refractivity contribution is 5.46. The molecule has 0 aliphatic rings. The fourth-order valence-corrected chi connectivity index (χ4v) is 2.01. The summed E-state index contributed by atoms with van der Waals surface area (Å²) >= 11 is 0. The van der Waals surface area contributed by atoms with Crippen LogP contribution in [0.15, 0.2) is 48.5 Å². The zero-order valence-electron chi connectivity index (χ0n) is 11.5. The first-order valence-corrected chi connectivity index (χ1v) is 6.68. The molecule has 4 heteroatoms. The molecule has 20 heavy (non-hydrogen) atoms. The Kier molecular flexibility index (Phi) is 4.96.